The van der Waals surface area contributed by atoms with Gasteiger partial charge in [-0.05, 0) is 48.0 Å². The zero-order valence-electron chi connectivity index (χ0n) is 11.0. The Balaban J connectivity index is 2.13. The molecule has 2 aliphatic carbocycles. The minimum Gasteiger partial charge on any atom is -0.392 e. The molecule has 1 N–H and O–H groups in total. The number of hydrogen-bond acceptors (Lipinski definition) is 2. The van der Waals surface area contributed by atoms with Gasteiger partial charge in [-0.25, -0.2) is 0 Å². The van der Waals surface area contributed by atoms with E-state index in [1.54, 1.807) is 0 Å². The van der Waals surface area contributed by atoms with Gasteiger partial charge in [-0.3, -0.25) is 4.79 Å². The van der Waals surface area contributed by atoms with E-state index >= 15 is 0 Å². The van der Waals surface area contributed by atoms with Gasteiger partial charge in [0.1, 0.15) is 5.78 Å². The van der Waals surface area contributed by atoms with Crippen molar-refractivity contribution in [3.05, 3.63) is 12.2 Å². The molecule has 17 heavy (non-hydrogen) atoms. The second kappa shape index (κ2) is 4.56. The predicted molar refractivity (Wildman–Crippen MR) is 68.6 cm³/mol. The Kier molecular flexibility index (Phi) is 3.44. The fourth-order valence-corrected chi connectivity index (χ4v) is 4.06. The molecule has 0 aliphatic heterocycles. The molecule has 0 amide bonds. The molecule has 0 unspecified atom stereocenters. The van der Waals surface area contributed by atoms with Gasteiger partial charge in [-0.15, -0.1) is 0 Å². The van der Waals surface area contributed by atoms with Gasteiger partial charge in [0.15, 0.2) is 0 Å². The third-order valence-electron chi connectivity index (χ3n) is 5.12. The van der Waals surface area contributed by atoms with E-state index in [4.69, 9.17) is 0 Å². The average Bonchev–Trinajstić information content (AvgIpc) is 2.26. The lowest BCUT2D eigenvalue weighted by Gasteiger charge is -2.50. The summed E-state index contributed by atoms with van der Waals surface area (Å²) in [6.45, 7) is 8.59. The monoisotopic (exact) mass is 236 g/mol. The molecule has 0 heterocycles. The molecule has 2 saturated carbocycles. The summed E-state index contributed by atoms with van der Waals surface area (Å²) in [5.74, 6) is 2.03. The molecular formula is C15H24O2. The maximum absolute atomic E-state index is 11.7. The number of fused-ring (bicyclic) bond motifs is 1. The molecule has 0 radical (unpaired) electrons. The van der Waals surface area contributed by atoms with Gasteiger partial charge in [0.25, 0.3) is 0 Å². The van der Waals surface area contributed by atoms with Crippen LogP contribution in [0.2, 0.25) is 0 Å². The van der Waals surface area contributed by atoms with Gasteiger partial charge >= 0.3 is 0 Å². The van der Waals surface area contributed by atoms with Crippen molar-refractivity contribution < 1.29 is 9.90 Å². The second-order valence-electron chi connectivity index (χ2n) is 6.45. The lowest BCUT2D eigenvalue weighted by atomic mass is 9.54. The third-order valence-corrected chi connectivity index (χ3v) is 5.12. The topological polar surface area (TPSA) is 37.3 Å². The number of carbonyl (C=O) groups excluding carboxylic acids is 1. The molecule has 0 spiro atoms. The molecule has 0 saturated heterocycles. The Labute approximate surface area is 104 Å². The van der Waals surface area contributed by atoms with E-state index in [1.807, 2.05) is 0 Å². The van der Waals surface area contributed by atoms with Crippen LogP contribution in [0.3, 0.4) is 0 Å². The molecule has 0 aromatic carbocycles. The minimum absolute atomic E-state index is 0.113. The van der Waals surface area contributed by atoms with Crippen molar-refractivity contribution in [2.24, 2.45) is 23.2 Å². The Morgan fingerprint density at radius 1 is 1.59 bits per heavy atom. The zero-order valence-corrected chi connectivity index (χ0v) is 11.0. The van der Waals surface area contributed by atoms with Crippen LogP contribution in [-0.4, -0.2) is 17.5 Å². The van der Waals surface area contributed by atoms with Crippen LogP contribution < -0.4 is 0 Å². The quantitative estimate of drug-likeness (QED) is 0.748. The van der Waals surface area contributed by atoms with Gasteiger partial charge in [0, 0.05) is 12.8 Å². The summed E-state index contributed by atoms with van der Waals surface area (Å²) in [5, 5.41) is 9.20. The molecular weight excluding hydrogens is 212 g/mol. The molecule has 0 bridgehead atoms. The molecule has 0 aromatic heterocycles. The highest BCUT2D eigenvalue weighted by molar-refractivity contribution is 5.80. The van der Waals surface area contributed by atoms with Crippen LogP contribution in [0, 0.1) is 23.2 Å². The van der Waals surface area contributed by atoms with Crippen molar-refractivity contribution in [1.82, 2.24) is 0 Å². The first kappa shape index (κ1) is 12.8. The van der Waals surface area contributed by atoms with Crippen LogP contribution in [0.4, 0.5) is 0 Å². The number of ketones is 1. The van der Waals surface area contributed by atoms with Gasteiger partial charge in [-0.1, -0.05) is 20.4 Å². The third kappa shape index (κ3) is 2.33. The highest BCUT2D eigenvalue weighted by Gasteiger charge is 2.47. The number of aliphatic hydroxyl groups excluding tert-OH is 1. The molecule has 4 atom stereocenters. The van der Waals surface area contributed by atoms with E-state index in [-0.39, 0.29) is 12.0 Å². The molecule has 2 heteroatoms. The van der Waals surface area contributed by atoms with Crippen molar-refractivity contribution in [3.63, 3.8) is 0 Å². The van der Waals surface area contributed by atoms with Crippen molar-refractivity contribution in [1.29, 1.82) is 0 Å². The van der Waals surface area contributed by atoms with E-state index in [0.29, 0.717) is 23.5 Å². The highest BCUT2D eigenvalue weighted by Crippen LogP contribution is 2.53. The summed E-state index contributed by atoms with van der Waals surface area (Å²) in [4.78, 5) is 11.7. The van der Waals surface area contributed by atoms with Crippen molar-refractivity contribution >= 4 is 5.78 Å². The first-order valence-electron chi connectivity index (χ1n) is 6.76. The molecule has 2 nitrogen and oxygen atoms in total. The Bertz CT molecular complexity index is 334. The second-order valence-corrected chi connectivity index (χ2v) is 6.45. The lowest BCUT2D eigenvalue weighted by Crippen LogP contribution is -2.44. The van der Waals surface area contributed by atoms with Gasteiger partial charge < -0.3 is 5.11 Å². The number of carbonyl (C=O) groups is 1. The zero-order chi connectivity index (χ0) is 12.6. The molecule has 96 valence electrons. The van der Waals surface area contributed by atoms with E-state index < -0.39 is 0 Å². The summed E-state index contributed by atoms with van der Waals surface area (Å²) in [6.07, 6.45) is 4.83. The van der Waals surface area contributed by atoms with Crippen molar-refractivity contribution in [2.45, 2.75) is 46.0 Å². The summed E-state index contributed by atoms with van der Waals surface area (Å²) < 4.78 is 0. The Hall–Kier alpha value is -0.630. The normalized spacial score (nSPS) is 42.1. The van der Waals surface area contributed by atoms with E-state index in [1.165, 1.54) is 0 Å². The highest BCUT2D eigenvalue weighted by atomic mass is 16.3. The fraction of sp³-hybridized carbons (Fsp3) is 0.800. The van der Waals surface area contributed by atoms with Gasteiger partial charge in [0.2, 0.25) is 0 Å². The van der Waals surface area contributed by atoms with Crippen molar-refractivity contribution in [3.8, 4) is 0 Å². The molecule has 0 aromatic rings. The largest absolute Gasteiger partial charge is 0.392 e. The lowest BCUT2D eigenvalue weighted by molar-refractivity contribution is -0.130. The first-order valence-corrected chi connectivity index (χ1v) is 6.76. The number of Topliss-reactive ketones (excluding diaryl/α,β-unsaturated/α-hetero) is 1. The Morgan fingerprint density at radius 3 is 2.94 bits per heavy atom. The van der Waals surface area contributed by atoms with E-state index in [0.717, 1.165) is 37.7 Å². The van der Waals surface area contributed by atoms with E-state index in [9.17, 15) is 9.90 Å². The van der Waals surface area contributed by atoms with Crippen LogP contribution in [0.25, 0.3) is 0 Å². The summed E-state index contributed by atoms with van der Waals surface area (Å²) in [6, 6.07) is 0. The van der Waals surface area contributed by atoms with Crippen LogP contribution in [0.5, 0.6) is 0 Å². The maximum atomic E-state index is 11.7. The van der Waals surface area contributed by atoms with Gasteiger partial charge in [0.05, 0.1) is 6.61 Å². The smallest absolute Gasteiger partial charge is 0.133 e. The van der Waals surface area contributed by atoms with Crippen molar-refractivity contribution in [2.75, 3.05) is 6.61 Å². The predicted octanol–water partition coefficient (Wildman–Crippen LogP) is 2.96. The van der Waals surface area contributed by atoms with Crippen LogP contribution >= 0.6 is 0 Å². The van der Waals surface area contributed by atoms with Crippen LogP contribution in [0.15, 0.2) is 12.2 Å². The summed E-state index contributed by atoms with van der Waals surface area (Å²) in [7, 11) is 0. The average molecular weight is 236 g/mol. The standard InChI is InChI=1S/C15H24O2/c1-10-6-13(17)8-15(3)5-4-12(7-14(10)15)11(2)9-16/h10,12,14,16H,2,4-9H2,1,3H3/t10-,12+,14+,15+/m1/s1. The minimum atomic E-state index is 0.113. The Morgan fingerprint density at radius 2 is 2.29 bits per heavy atom. The molecule has 2 aliphatic rings. The van der Waals surface area contributed by atoms with Crippen LogP contribution in [-0.2, 0) is 4.79 Å². The maximum Gasteiger partial charge on any atom is 0.133 e. The first-order chi connectivity index (χ1) is 7.96. The number of aliphatic hydroxyl groups is 1. The molecule has 2 fully saturated rings. The molecule has 2 rings (SSSR count). The SMILES string of the molecule is C=C(CO)[C@H]1CC[C@@]2(C)CC(=O)C[C@@H](C)[C@@H]2C1. The van der Waals surface area contributed by atoms with Crippen LogP contribution in [0.1, 0.15) is 46.0 Å². The van der Waals surface area contributed by atoms with Gasteiger partial charge in [-0.2, -0.15) is 0 Å². The number of rotatable bonds is 2. The summed E-state index contributed by atoms with van der Waals surface area (Å²) >= 11 is 0. The number of hydrogen-bond donors (Lipinski definition) is 1. The fourth-order valence-electron chi connectivity index (χ4n) is 4.06. The summed E-state index contributed by atoms with van der Waals surface area (Å²) in [5.41, 5.74) is 1.19. The van der Waals surface area contributed by atoms with E-state index in [2.05, 4.69) is 20.4 Å².